The lowest BCUT2D eigenvalue weighted by atomic mass is 10.3. The number of rotatable bonds is 4. The molecule has 3 nitrogen and oxygen atoms in total. The minimum atomic E-state index is 0.0774. The lowest BCUT2D eigenvalue weighted by molar-refractivity contribution is -0.107. The lowest BCUT2D eigenvalue weighted by Gasteiger charge is -1.89. The van der Waals surface area contributed by atoms with E-state index in [2.05, 4.69) is 0 Å². The van der Waals surface area contributed by atoms with Gasteiger partial charge in [0.2, 0.25) is 0 Å². The summed E-state index contributed by atoms with van der Waals surface area (Å²) < 4.78 is 5.17. The predicted molar refractivity (Wildman–Crippen MR) is 39.3 cm³/mol. The van der Waals surface area contributed by atoms with Crippen molar-refractivity contribution in [2.24, 2.45) is 0 Å². The van der Waals surface area contributed by atoms with Gasteiger partial charge >= 0.3 is 0 Å². The van der Waals surface area contributed by atoms with Crippen molar-refractivity contribution >= 4 is 6.29 Å². The van der Waals surface area contributed by atoms with Crippen molar-refractivity contribution in [2.45, 2.75) is 12.8 Å². The van der Waals surface area contributed by atoms with Gasteiger partial charge in [0.15, 0.2) is 0 Å². The van der Waals surface area contributed by atoms with Crippen molar-refractivity contribution in [3.05, 3.63) is 23.7 Å². The minimum Gasteiger partial charge on any atom is -0.466 e. The maximum atomic E-state index is 10.0. The van der Waals surface area contributed by atoms with Crippen LogP contribution >= 0.6 is 0 Å². The Kier molecular flexibility index (Phi) is 2.86. The van der Waals surface area contributed by atoms with Gasteiger partial charge in [-0.3, -0.25) is 0 Å². The SMILES string of the molecule is O=CCc1ccc(CCO)o1. The van der Waals surface area contributed by atoms with Crippen molar-refractivity contribution in [1.82, 2.24) is 0 Å². The molecule has 11 heavy (non-hydrogen) atoms. The highest BCUT2D eigenvalue weighted by atomic mass is 16.3. The number of carbonyl (C=O) groups excluding carboxylic acids is 1. The third-order valence-electron chi connectivity index (χ3n) is 1.36. The van der Waals surface area contributed by atoms with Crippen LogP contribution in [0.3, 0.4) is 0 Å². The molecule has 0 saturated carbocycles. The highest BCUT2D eigenvalue weighted by Gasteiger charge is 1.99. The highest BCUT2D eigenvalue weighted by Crippen LogP contribution is 2.07. The number of carbonyl (C=O) groups is 1. The summed E-state index contributed by atoms with van der Waals surface area (Å²) in [6.07, 6.45) is 1.62. The van der Waals surface area contributed by atoms with Crippen LogP contribution in [0.5, 0.6) is 0 Å². The second-order valence-electron chi connectivity index (χ2n) is 2.21. The Bertz CT molecular complexity index is 227. The summed E-state index contributed by atoms with van der Waals surface area (Å²) >= 11 is 0. The van der Waals surface area contributed by atoms with Crippen LogP contribution in [0.4, 0.5) is 0 Å². The third kappa shape index (κ3) is 2.20. The van der Waals surface area contributed by atoms with Crippen LogP contribution < -0.4 is 0 Å². The van der Waals surface area contributed by atoms with Crippen molar-refractivity contribution in [3.8, 4) is 0 Å². The summed E-state index contributed by atoms with van der Waals surface area (Å²) in [7, 11) is 0. The van der Waals surface area contributed by atoms with Gasteiger partial charge < -0.3 is 14.3 Å². The molecule has 0 fully saturated rings. The summed E-state index contributed by atoms with van der Waals surface area (Å²) in [6, 6.07) is 3.52. The van der Waals surface area contributed by atoms with Gasteiger partial charge in [0, 0.05) is 6.42 Å². The molecule has 1 N–H and O–H groups in total. The fourth-order valence-electron chi connectivity index (χ4n) is 0.859. The zero-order valence-electron chi connectivity index (χ0n) is 6.12. The number of hydrogen-bond acceptors (Lipinski definition) is 3. The second-order valence-corrected chi connectivity index (χ2v) is 2.21. The number of aldehydes is 1. The Balaban J connectivity index is 2.57. The second kappa shape index (κ2) is 3.93. The Labute approximate surface area is 64.6 Å². The monoisotopic (exact) mass is 154 g/mol. The molecule has 1 aromatic rings. The molecule has 1 rings (SSSR count). The Morgan fingerprint density at radius 1 is 1.45 bits per heavy atom. The summed E-state index contributed by atoms with van der Waals surface area (Å²) in [6.45, 7) is 0.0774. The number of aliphatic hydroxyl groups excluding tert-OH is 1. The van der Waals surface area contributed by atoms with Crippen molar-refractivity contribution in [2.75, 3.05) is 6.61 Å². The maximum Gasteiger partial charge on any atom is 0.127 e. The van der Waals surface area contributed by atoms with E-state index in [0.29, 0.717) is 18.6 Å². The van der Waals surface area contributed by atoms with Crippen LogP contribution in [0.2, 0.25) is 0 Å². The van der Waals surface area contributed by atoms with E-state index in [0.717, 1.165) is 12.0 Å². The van der Waals surface area contributed by atoms with Crippen LogP contribution in [0.1, 0.15) is 11.5 Å². The van der Waals surface area contributed by atoms with Gasteiger partial charge in [-0.05, 0) is 12.1 Å². The van der Waals surface area contributed by atoms with Gasteiger partial charge in [0.05, 0.1) is 13.0 Å². The molecular formula is C8H10O3. The molecule has 0 radical (unpaired) electrons. The quantitative estimate of drug-likeness (QED) is 0.644. The molecule has 1 heterocycles. The molecule has 1 aromatic heterocycles. The first-order valence-electron chi connectivity index (χ1n) is 3.49. The normalized spacial score (nSPS) is 9.91. The Morgan fingerprint density at radius 3 is 2.82 bits per heavy atom. The van der Waals surface area contributed by atoms with Crippen LogP contribution in [-0.2, 0) is 17.6 Å². The molecular weight excluding hydrogens is 144 g/mol. The average Bonchev–Trinajstić information content (AvgIpc) is 2.38. The first-order chi connectivity index (χ1) is 5.36. The fraction of sp³-hybridized carbons (Fsp3) is 0.375. The summed E-state index contributed by atoms with van der Waals surface area (Å²) in [5, 5.41) is 8.53. The molecule has 0 spiro atoms. The summed E-state index contributed by atoms with van der Waals surface area (Å²) in [4.78, 5) is 10.0. The fourth-order valence-corrected chi connectivity index (χ4v) is 0.859. The average molecular weight is 154 g/mol. The van der Waals surface area contributed by atoms with Gasteiger partial charge in [0.1, 0.15) is 17.8 Å². The van der Waals surface area contributed by atoms with E-state index in [9.17, 15) is 4.79 Å². The van der Waals surface area contributed by atoms with Gasteiger partial charge in [0.25, 0.3) is 0 Å². The zero-order chi connectivity index (χ0) is 8.10. The molecule has 0 unspecified atom stereocenters. The molecule has 0 atom stereocenters. The smallest absolute Gasteiger partial charge is 0.127 e. The molecule has 0 aliphatic heterocycles. The summed E-state index contributed by atoms with van der Waals surface area (Å²) in [5.41, 5.74) is 0. The highest BCUT2D eigenvalue weighted by molar-refractivity contribution is 5.53. The summed E-state index contributed by atoms with van der Waals surface area (Å²) in [5.74, 6) is 1.38. The van der Waals surface area contributed by atoms with Gasteiger partial charge in [-0.25, -0.2) is 0 Å². The Hall–Kier alpha value is -1.09. The van der Waals surface area contributed by atoms with Crippen LogP contribution in [0, 0.1) is 0 Å². The molecule has 60 valence electrons. The number of hydrogen-bond donors (Lipinski definition) is 1. The minimum absolute atomic E-state index is 0.0774. The topological polar surface area (TPSA) is 50.4 Å². The van der Waals surface area contributed by atoms with E-state index in [1.165, 1.54) is 0 Å². The zero-order valence-corrected chi connectivity index (χ0v) is 6.12. The predicted octanol–water partition coefficient (Wildman–Crippen LogP) is 0.556. The maximum absolute atomic E-state index is 10.0. The van der Waals surface area contributed by atoms with E-state index in [-0.39, 0.29) is 6.61 Å². The first kappa shape index (κ1) is 8.01. The molecule has 0 amide bonds. The number of aliphatic hydroxyl groups is 1. The van der Waals surface area contributed by atoms with E-state index in [1.54, 1.807) is 12.1 Å². The van der Waals surface area contributed by atoms with E-state index in [1.807, 2.05) is 0 Å². The first-order valence-corrected chi connectivity index (χ1v) is 3.49. The van der Waals surface area contributed by atoms with E-state index < -0.39 is 0 Å². The van der Waals surface area contributed by atoms with Crippen LogP contribution in [0.15, 0.2) is 16.5 Å². The molecule has 0 saturated heterocycles. The van der Waals surface area contributed by atoms with E-state index >= 15 is 0 Å². The largest absolute Gasteiger partial charge is 0.466 e. The van der Waals surface area contributed by atoms with Crippen molar-refractivity contribution in [3.63, 3.8) is 0 Å². The molecule has 0 bridgehead atoms. The van der Waals surface area contributed by atoms with Crippen molar-refractivity contribution < 1.29 is 14.3 Å². The molecule has 0 aromatic carbocycles. The van der Waals surface area contributed by atoms with Gasteiger partial charge in [-0.2, -0.15) is 0 Å². The Morgan fingerprint density at radius 2 is 2.18 bits per heavy atom. The number of furan rings is 1. The van der Waals surface area contributed by atoms with Gasteiger partial charge in [-0.1, -0.05) is 0 Å². The van der Waals surface area contributed by atoms with Crippen molar-refractivity contribution in [1.29, 1.82) is 0 Å². The lowest BCUT2D eigenvalue weighted by Crippen LogP contribution is -1.87. The third-order valence-corrected chi connectivity index (χ3v) is 1.36. The molecule has 0 aliphatic carbocycles. The van der Waals surface area contributed by atoms with E-state index in [4.69, 9.17) is 9.52 Å². The van der Waals surface area contributed by atoms with Crippen LogP contribution in [0.25, 0.3) is 0 Å². The standard InChI is InChI=1S/C8H10O3/c9-5-3-7-1-2-8(11-7)4-6-10/h1-2,5,10H,3-4,6H2. The van der Waals surface area contributed by atoms with Gasteiger partial charge in [-0.15, -0.1) is 0 Å². The molecule has 0 aliphatic rings. The molecule has 3 heteroatoms. The van der Waals surface area contributed by atoms with Crippen LogP contribution in [-0.4, -0.2) is 18.0 Å².